The summed E-state index contributed by atoms with van der Waals surface area (Å²) in [7, 11) is 1.88. The van der Waals surface area contributed by atoms with Gasteiger partial charge in [0.2, 0.25) is 0 Å². The van der Waals surface area contributed by atoms with Crippen molar-refractivity contribution >= 4 is 0 Å². The van der Waals surface area contributed by atoms with Crippen molar-refractivity contribution in [3.63, 3.8) is 0 Å². The van der Waals surface area contributed by atoms with Gasteiger partial charge in [-0.25, -0.2) is 0 Å². The molecule has 0 bridgehead atoms. The Morgan fingerprint density at radius 1 is 0.769 bits per heavy atom. The van der Waals surface area contributed by atoms with Crippen LogP contribution in [-0.4, -0.2) is 19.3 Å². The van der Waals surface area contributed by atoms with Crippen LogP contribution in [0.25, 0.3) is 0 Å². The van der Waals surface area contributed by atoms with Gasteiger partial charge in [-0.1, -0.05) is 83.6 Å². The van der Waals surface area contributed by atoms with Crippen molar-refractivity contribution in [2.24, 2.45) is 5.92 Å². The van der Waals surface area contributed by atoms with E-state index in [1.807, 2.05) is 20.1 Å². The average Bonchev–Trinajstić information content (AvgIpc) is 2.64. The molecule has 26 heavy (non-hydrogen) atoms. The molecular formula is C24H48O2. The van der Waals surface area contributed by atoms with Gasteiger partial charge in [0.1, 0.15) is 0 Å². The molecule has 0 spiro atoms. The molecule has 0 N–H and O–H groups in total. The minimum absolute atomic E-state index is 0.0214. The van der Waals surface area contributed by atoms with Gasteiger partial charge >= 0.3 is 0 Å². The molecule has 0 amide bonds. The first kappa shape index (κ1) is 25.5. The topological polar surface area (TPSA) is 18.5 Å². The van der Waals surface area contributed by atoms with Crippen LogP contribution in [0.3, 0.4) is 0 Å². The highest BCUT2D eigenvalue weighted by molar-refractivity contribution is 4.79. The summed E-state index contributed by atoms with van der Waals surface area (Å²) >= 11 is 0. The first-order valence-corrected chi connectivity index (χ1v) is 11.4. The van der Waals surface area contributed by atoms with E-state index in [-0.39, 0.29) is 5.60 Å². The molecule has 0 radical (unpaired) electrons. The molecule has 1 unspecified atom stereocenters. The largest absolute Gasteiger partial charge is 0.502 e. The standard InChI is InChI=1S/C24H48O2/c1-6-8-9-10-13-16-19-23(24(3,4)25-5)20-17-14-11-12-15-18-22-26-21-7-2/h7,21,23H,6,8-20,22H2,1-5H3. The monoisotopic (exact) mass is 368 g/mol. The number of hydrogen-bond acceptors (Lipinski definition) is 2. The Morgan fingerprint density at radius 3 is 1.77 bits per heavy atom. The molecule has 0 aliphatic rings. The van der Waals surface area contributed by atoms with E-state index in [1.165, 1.54) is 89.9 Å². The second-order valence-corrected chi connectivity index (χ2v) is 8.31. The number of hydrogen-bond donors (Lipinski definition) is 0. The molecule has 0 aliphatic carbocycles. The van der Waals surface area contributed by atoms with Gasteiger partial charge in [-0.3, -0.25) is 0 Å². The fourth-order valence-electron chi connectivity index (χ4n) is 3.62. The predicted octanol–water partition coefficient (Wildman–Crippen LogP) is 8.06. The average molecular weight is 369 g/mol. The van der Waals surface area contributed by atoms with Crippen molar-refractivity contribution < 1.29 is 9.47 Å². The lowest BCUT2D eigenvalue weighted by Crippen LogP contribution is -2.33. The van der Waals surface area contributed by atoms with Crippen molar-refractivity contribution in [1.82, 2.24) is 0 Å². The van der Waals surface area contributed by atoms with Gasteiger partial charge in [0.15, 0.2) is 0 Å². The second-order valence-electron chi connectivity index (χ2n) is 8.31. The van der Waals surface area contributed by atoms with E-state index in [0.717, 1.165) is 6.61 Å². The molecule has 1 atom stereocenters. The lowest BCUT2D eigenvalue weighted by atomic mass is 9.82. The quantitative estimate of drug-likeness (QED) is 0.169. The Kier molecular flexibility index (Phi) is 17.5. The van der Waals surface area contributed by atoms with Gasteiger partial charge in [0.25, 0.3) is 0 Å². The summed E-state index contributed by atoms with van der Waals surface area (Å²) in [5.74, 6) is 0.702. The first-order chi connectivity index (χ1) is 12.6. The molecule has 0 aromatic rings. The van der Waals surface area contributed by atoms with Gasteiger partial charge in [-0.2, -0.15) is 0 Å². The van der Waals surface area contributed by atoms with Crippen LogP contribution in [0.1, 0.15) is 118 Å². The van der Waals surface area contributed by atoms with Crippen LogP contribution in [0.15, 0.2) is 12.3 Å². The van der Waals surface area contributed by atoms with E-state index in [1.54, 1.807) is 6.26 Å². The third-order valence-corrected chi connectivity index (χ3v) is 5.71. The summed E-state index contributed by atoms with van der Waals surface area (Å²) in [5.41, 5.74) is 0.0214. The minimum Gasteiger partial charge on any atom is -0.502 e. The Balaban J connectivity index is 3.81. The molecular weight excluding hydrogens is 320 g/mol. The summed E-state index contributed by atoms with van der Waals surface area (Å²) in [6.07, 6.45) is 22.6. The molecule has 156 valence electrons. The van der Waals surface area contributed by atoms with Crippen LogP contribution in [0.4, 0.5) is 0 Å². The van der Waals surface area contributed by atoms with Gasteiger partial charge in [0, 0.05) is 7.11 Å². The number of allylic oxidation sites excluding steroid dienone is 1. The van der Waals surface area contributed by atoms with Crippen LogP contribution in [-0.2, 0) is 9.47 Å². The van der Waals surface area contributed by atoms with Crippen LogP contribution in [0, 0.1) is 5.92 Å². The van der Waals surface area contributed by atoms with E-state index in [2.05, 4.69) is 20.8 Å². The molecule has 0 heterocycles. The van der Waals surface area contributed by atoms with Crippen molar-refractivity contribution in [2.45, 2.75) is 123 Å². The number of ether oxygens (including phenoxy) is 2. The van der Waals surface area contributed by atoms with Gasteiger partial charge in [0.05, 0.1) is 18.5 Å². The number of unbranched alkanes of at least 4 members (excludes halogenated alkanes) is 10. The molecule has 0 aromatic heterocycles. The molecule has 0 aliphatic heterocycles. The SMILES string of the molecule is CC=COCCCCCCCCC(CCCCCCCC)C(C)(C)OC. The van der Waals surface area contributed by atoms with E-state index in [9.17, 15) is 0 Å². The molecule has 0 fully saturated rings. The Labute approximate surface area is 165 Å². The maximum atomic E-state index is 5.82. The summed E-state index contributed by atoms with van der Waals surface area (Å²) in [5, 5.41) is 0. The second kappa shape index (κ2) is 17.9. The van der Waals surface area contributed by atoms with Crippen molar-refractivity contribution in [3.8, 4) is 0 Å². The zero-order chi connectivity index (χ0) is 19.5. The molecule has 2 nitrogen and oxygen atoms in total. The molecule has 0 aromatic carbocycles. The van der Waals surface area contributed by atoms with Gasteiger partial charge < -0.3 is 9.47 Å². The first-order valence-electron chi connectivity index (χ1n) is 11.4. The van der Waals surface area contributed by atoms with Crippen molar-refractivity contribution in [3.05, 3.63) is 12.3 Å². The highest BCUT2D eigenvalue weighted by Gasteiger charge is 2.28. The van der Waals surface area contributed by atoms with Crippen LogP contribution in [0.2, 0.25) is 0 Å². The molecule has 0 saturated heterocycles. The zero-order valence-electron chi connectivity index (χ0n) is 18.7. The maximum absolute atomic E-state index is 5.82. The third-order valence-electron chi connectivity index (χ3n) is 5.71. The summed E-state index contributed by atoms with van der Waals surface area (Å²) in [6.45, 7) is 9.70. The smallest absolute Gasteiger partial charge is 0.0873 e. The van der Waals surface area contributed by atoms with Gasteiger partial charge in [-0.15, -0.1) is 0 Å². The van der Waals surface area contributed by atoms with Gasteiger partial charge in [-0.05, 0) is 46.0 Å². The summed E-state index contributed by atoms with van der Waals surface area (Å²) < 4.78 is 11.2. The van der Waals surface area contributed by atoms with E-state index in [4.69, 9.17) is 9.47 Å². The van der Waals surface area contributed by atoms with E-state index in [0.29, 0.717) is 5.92 Å². The van der Waals surface area contributed by atoms with Crippen LogP contribution >= 0.6 is 0 Å². The number of methoxy groups -OCH3 is 1. The van der Waals surface area contributed by atoms with Crippen molar-refractivity contribution in [1.29, 1.82) is 0 Å². The highest BCUT2D eigenvalue weighted by atomic mass is 16.5. The molecule has 0 saturated carbocycles. The normalized spacial score (nSPS) is 13.4. The fraction of sp³-hybridized carbons (Fsp3) is 0.917. The minimum atomic E-state index is 0.0214. The lowest BCUT2D eigenvalue weighted by molar-refractivity contribution is -0.0352. The predicted molar refractivity (Wildman–Crippen MR) is 116 cm³/mol. The van der Waals surface area contributed by atoms with Crippen LogP contribution in [0.5, 0.6) is 0 Å². The Morgan fingerprint density at radius 2 is 1.27 bits per heavy atom. The summed E-state index contributed by atoms with van der Waals surface area (Å²) in [6, 6.07) is 0. The summed E-state index contributed by atoms with van der Waals surface area (Å²) in [4.78, 5) is 0. The third kappa shape index (κ3) is 14.6. The zero-order valence-corrected chi connectivity index (χ0v) is 18.7. The van der Waals surface area contributed by atoms with Crippen molar-refractivity contribution in [2.75, 3.05) is 13.7 Å². The number of rotatable bonds is 19. The van der Waals surface area contributed by atoms with E-state index >= 15 is 0 Å². The molecule has 0 rings (SSSR count). The van der Waals surface area contributed by atoms with Crippen LogP contribution < -0.4 is 0 Å². The maximum Gasteiger partial charge on any atom is 0.0873 e. The lowest BCUT2D eigenvalue weighted by Gasteiger charge is -2.33. The Bertz CT molecular complexity index is 309. The highest BCUT2D eigenvalue weighted by Crippen LogP contribution is 2.31. The van der Waals surface area contributed by atoms with E-state index < -0.39 is 0 Å². The fourth-order valence-corrected chi connectivity index (χ4v) is 3.62. The Hall–Kier alpha value is -0.500. The molecule has 2 heteroatoms.